The molecule has 7 heteroatoms. The van der Waals surface area contributed by atoms with Crippen LogP contribution in [0.15, 0.2) is 46.0 Å². The summed E-state index contributed by atoms with van der Waals surface area (Å²) in [6.45, 7) is 1.02. The van der Waals surface area contributed by atoms with Crippen molar-refractivity contribution in [3.63, 3.8) is 0 Å². The van der Waals surface area contributed by atoms with Crippen LogP contribution >= 0.6 is 27.7 Å². The van der Waals surface area contributed by atoms with Gasteiger partial charge in [-0.25, -0.2) is 4.98 Å². The zero-order chi connectivity index (χ0) is 16.7. The van der Waals surface area contributed by atoms with Gasteiger partial charge in [0.25, 0.3) is 5.91 Å². The molecular formula is C17H13BrN2O3S. The third-order valence-electron chi connectivity index (χ3n) is 3.76. The molecule has 2 aromatic carbocycles. The van der Waals surface area contributed by atoms with Crippen molar-refractivity contribution in [3.8, 4) is 11.5 Å². The highest BCUT2D eigenvalue weighted by molar-refractivity contribution is 9.10. The fraction of sp³-hybridized carbons (Fsp3) is 0.176. The largest absolute Gasteiger partial charge is 0.486 e. The minimum absolute atomic E-state index is 0.119. The van der Waals surface area contributed by atoms with Crippen LogP contribution < -0.4 is 9.47 Å². The van der Waals surface area contributed by atoms with Gasteiger partial charge in [-0.05, 0) is 30.5 Å². The van der Waals surface area contributed by atoms with Crippen molar-refractivity contribution >= 4 is 44.6 Å². The summed E-state index contributed by atoms with van der Waals surface area (Å²) in [6, 6.07) is 10.9. The Labute approximate surface area is 151 Å². The standard InChI is InChI=1S/C17H13BrN2O3S/c1-24-17-19-12-8-14-15(23-7-6-22-14)9-13(12)20(17)16(21)10-2-4-11(18)5-3-10/h2-5,8-9H,6-7H2,1H3. The number of rotatable bonds is 2. The molecule has 2 heterocycles. The number of imidazole rings is 1. The first-order valence-electron chi connectivity index (χ1n) is 7.34. The van der Waals surface area contributed by atoms with E-state index in [-0.39, 0.29) is 5.91 Å². The third kappa shape index (κ3) is 2.57. The molecule has 0 spiro atoms. The van der Waals surface area contributed by atoms with Crippen molar-refractivity contribution in [1.82, 2.24) is 9.55 Å². The van der Waals surface area contributed by atoms with E-state index in [1.807, 2.05) is 30.5 Å². The van der Waals surface area contributed by atoms with E-state index in [0.717, 1.165) is 9.99 Å². The van der Waals surface area contributed by atoms with Gasteiger partial charge in [0.1, 0.15) is 13.2 Å². The summed E-state index contributed by atoms with van der Waals surface area (Å²) in [5, 5.41) is 0.639. The Bertz CT molecular complexity index is 937. The number of ether oxygens (including phenoxy) is 2. The number of fused-ring (bicyclic) bond motifs is 2. The number of thioether (sulfide) groups is 1. The summed E-state index contributed by atoms with van der Waals surface area (Å²) in [7, 11) is 0. The smallest absolute Gasteiger partial charge is 0.264 e. The molecular weight excluding hydrogens is 392 g/mol. The van der Waals surface area contributed by atoms with Crippen LogP contribution in [0.5, 0.6) is 11.5 Å². The van der Waals surface area contributed by atoms with E-state index in [2.05, 4.69) is 20.9 Å². The molecule has 0 atom stereocenters. The van der Waals surface area contributed by atoms with Crippen LogP contribution in [0.3, 0.4) is 0 Å². The number of carbonyl (C=O) groups is 1. The van der Waals surface area contributed by atoms with Gasteiger partial charge in [-0.3, -0.25) is 9.36 Å². The third-order valence-corrected chi connectivity index (χ3v) is 4.93. The molecule has 1 aliphatic heterocycles. The van der Waals surface area contributed by atoms with E-state index in [1.54, 1.807) is 16.7 Å². The van der Waals surface area contributed by atoms with E-state index >= 15 is 0 Å². The highest BCUT2D eigenvalue weighted by Gasteiger charge is 2.22. The van der Waals surface area contributed by atoms with Crippen molar-refractivity contribution in [2.75, 3.05) is 19.5 Å². The maximum atomic E-state index is 13.0. The van der Waals surface area contributed by atoms with Crippen LogP contribution in [-0.2, 0) is 0 Å². The van der Waals surface area contributed by atoms with E-state index in [1.165, 1.54) is 11.8 Å². The normalized spacial score (nSPS) is 13.2. The Hall–Kier alpha value is -1.99. The van der Waals surface area contributed by atoms with E-state index in [0.29, 0.717) is 40.9 Å². The maximum absolute atomic E-state index is 13.0. The summed E-state index contributed by atoms with van der Waals surface area (Å²) >= 11 is 4.82. The lowest BCUT2D eigenvalue weighted by molar-refractivity contribution is 0.0955. The van der Waals surface area contributed by atoms with Crippen LogP contribution in [-0.4, -0.2) is 34.9 Å². The van der Waals surface area contributed by atoms with E-state index in [9.17, 15) is 4.79 Å². The quantitative estimate of drug-likeness (QED) is 0.604. The highest BCUT2D eigenvalue weighted by Crippen LogP contribution is 2.36. The van der Waals surface area contributed by atoms with Crippen LogP contribution in [0.1, 0.15) is 10.4 Å². The highest BCUT2D eigenvalue weighted by atomic mass is 79.9. The SMILES string of the molecule is CSc1nc2cc3c(cc2n1C(=O)c1ccc(Br)cc1)OCCO3. The molecule has 0 aliphatic carbocycles. The van der Waals surface area contributed by atoms with Gasteiger partial charge in [-0.1, -0.05) is 27.7 Å². The lowest BCUT2D eigenvalue weighted by Crippen LogP contribution is -2.16. The minimum atomic E-state index is -0.119. The number of hydrogen-bond donors (Lipinski definition) is 0. The van der Waals surface area contributed by atoms with Crippen LogP contribution in [0.25, 0.3) is 11.0 Å². The summed E-state index contributed by atoms with van der Waals surface area (Å²) in [4.78, 5) is 17.6. The first-order chi connectivity index (χ1) is 11.7. The van der Waals surface area contributed by atoms with Gasteiger partial charge in [0.2, 0.25) is 0 Å². The van der Waals surface area contributed by atoms with Crippen molar-refractivity contribution in [3.05, 3.63) is 46.4 Å². The Balaban J connectivity index is 1.89. The van der Waals surface area contributed by atoms with Gasteiger partial charge in [-0.2, -0.15) is 0 Å². The topological polar surface area (TPSA) is 53.4 Å². The molecule has 0 radical (unpaired) electrons. The summed E-state index contributed by atoms with van der Waals surface area (Å²) in [5.74, 6) is 1.19. The van der Waals surface area contributed by atoms with E-state index < -0.39 is 0 Å². The van der Waals surface area contributed by atoms with E-state index in [4.69, 9.17) is 9.47 Å². The second-order valence-electron chi connectivity index (χ2n) is 5.23. The number of halogens is 1. The fourth-order valence-corrected chi connectivity index (χ4v) is 3.46. The van der Waals surface area contributed by atoms with Gasteiger partial charge < -0.3 is 9.47 Å². The van der Waals surface area contributed by atoms with Gasteiger partial charge >= 0.3 is 0 Å². The molecule has 0 fully saturated rings. The van der Waals surface area contributed by atoms with Crippen molar-refractivity contribution in [1.29, 1.82) is 0 Å². The molecule has 24 heavy (non-hydrogen) atoms. The fourth-order valence-electron chi connectivity index (χ4n) is 2.65. The summed E-state index contributed by atoms with van der Waals surface area (Å²) in [5.41, 5.74) is 2.04. The Morgan fingerprint density at radius 1 is 1.17 bits per heavy atom. The molecule has 5 nitrogen and oxygen atoms in total. The minimum Gasteiger partial charge on any atom is -0.486 e. The molecule has 0 unspecified atom stereocenters. The number of aromatic nitrogens is 2. The van der Waals surface area contributed by atoms with Crippen LogP contribution in [0.2, 0.25) is 0 Å². The Kier molecular flexibility index (Phi) is 3.97. The molecule has 3 aromatic rings. The predicted molar refractivity (Wildman–Crippen MR) is 96.4 cm³/mol. The Morgan fingerprint density at radius 2 is 1.83 bits per heavy atom. The summed E-state index contributed by atoms with van der Waals surface area (Å²) < 4.78 is 13.8. The van der Waals surface area contributed by atoms with Crippen molar-refractivity contribution in [2.24, 2.45) is 0 Å². The average Bonchev–Trinajstić information content (AvgIpc) is 2.97. The predicted octanol–water partition coefficient (Wildman–Crippen LogP) is 3.98. The Morgan fingerprint density at radius 3 is 2.50 bits per heavy atom. The van der Waals surface area contributed by atoms with Crippen molar-refractivity contribution in [2.45, 2.75) is 5.16 Å². The first kappa shape index (κ1) is 15.5. The molecule has 0 N–H and O–H groups in total. The zero-order valence-corrected chi connectivity index (χ0v) is 15.2. The number of nitrogens with zero attached hydrogens (tertiary/aromatic N) is 2. The van der Waals surface area contributed by atoms with Gasteiger partial charge in [0.05, 0.1) is 11.0 Å². The number of benzene rings is 2. The first-order valence-corrected chi connectivity index (χ1v) is 9.35. The monoisotopic (exact) mass is 404 g/mol. The maximum Gasteiger partial charge on any atom is 0.264 e. The molecule has 0 saturated carbocycles. The second kappa shape index (κ2) is 6.14. The second-order valence-corrected chi connectivity index (χ2v) is 6.92. The molecule has 122 valence electrons. The molecule has 0 amide bonds. The molecule has 1 aliphatic rings. The molecule has 0 bridgehead atoms. The average molecular weight is 405 g/mol. The molecule has 4 rings (SSSR count). The molecule has 1 aromatic heterocycles. The number of carbonyl (C=O) groups excluding carboxylic acids is 1. The van der Waals surface area contributed by atoms with Crippen LogP contribution in [0, 0.1) is 0 Å². The zero-order valence-electron chi connectivity index (χ0n) is 12.8. The molecule has 0 saturated heterocycles. The lowest BCUT2D eigenvalue weighted by atomic mass is 10.2. The van der Waals surface area contributed by atoms with Gasteiger partial charge in [0, 0.05) is 22.2 Å². The van der Waals surface area contributed by atoms with Crippen LogP contribution in [0.4, 0.5) is 0 Å². The lowest BCUT2D eigenvalue weighted by Gasteiger charge is -2.18. The number of hydrogen-bond acceptors (Lipinski definition) is 5. The summed E-state index contributed by atoms with van der Waals surface area (Å²) in [6.07, 6.45) is 1.90. The van der Waals surface area contributed by atoms with Gasteiger partial charge in [-0.15, -0.1) is 0 Å². The van der Waals surface area contributed by atoms with Gasteiger partial charge in [0.15, 0.2) is 16.7 Å². The van der Waals surface area contributed by atoms with Crippen molar-refractivity contribution < 1.29 is 14.3 Å².